The highest BCUT2D eigenvalue weighted by atomic mass is 16.2. The first-order chi connectivity index (χ1) is 12.1. The SMILES string of the molecule is Cc1cc(NCC(=O)NC(=O)NC2CCCC2)ccc1-n1cnnn1. The van der Waals surface area contributed by atoms with E-state index in [9.17, 15) is 9.59 Å². The lowest BCUT2D eigenvalue weighted by Crippen LogP contribution is -2.45. The van der Waals surface area contributed by atoms with Crippen molar-refractivity contribution in [2.45, 2.75) is 38.6 Å². The Morgan fingerprint density at radius 1 is 1.28 bits per heavy atom. The van der Waals surface area contributed by atoms with Gasteiger partial charge in [-0.15, -0.1) is 5.10 Å². The van der Waals surface area contributed by atoms with Crippen molar-refractivity contribution in [3.63, 3.8) is 0 Å². The number of carbonyl (C=O) groups is 2. The summed E-state index contributed by atoms with van der Waals surface area (Å²) >= 11 is 0. The number of hydrogen-bond donors (Lipinski definition) is 3. The normalized spacial score (nSPS) is 14.3. The second-order valence-corrected chi connectivity index (χ2v) is 6.11. The van der Waals surface area contributed by atoms with E-state index < -0.39 is 6.03 Å². The lowest BCUT2D eigenvalue weighted by molar-refractivity contribution is -0.118. The second kappa shape index (κ2) is 7.73. The maximum Gasteiger partial charge on any atom is 0.321 e. The summed E-state index contributed by atoms with van der Waals surface area (Å²) in [5.74, 6) is -0.377. The van der Waals surface area contributed by atoms with Gasteiger partial charge in [0.05, 0.1) is 12.2 Å². The third-order valence-corrected chi connectivity index (χ3v) is 4.19. The molecule has 0 unspecified atom stereocenters. The number of aromatic nitrogens is 4. The largest absolute Gasteiger partial charge is 0.376 e. The molecule has 1 aromatic carbocycles. The average Bonchev–Trinajstić information content (AvgIpc) is 3.26. The molecule has 0 spiro atoms. The van der Waals surface area contributed by atoms with Crippen molar-refractivity contribution in [3.05, 3.63) is 30.1 Å². The van der Waals surface area contributed by atoms with Crippen LogP contribution in [-0.2, 0) is 4.79 Å². The van der Waals surface area contributed by atoms with Crippen molar-refractivity contribution in [1.82, 2.24) is 30.8 Å². The molecule has 0 aliphatic heterocycles. The predicted molar refractivity (Wildman–Crippen MR) is 91.3 cm³/mol. The smallest absolute Gasteiger partial charge is 0.321 e. The van der Waals surface area contributed by atoms with Gasteiger partial charge in [-0.2, -0.15) is 0 Å². The van der Waals surface area contributed by atoms with Gasteiger partial charge in [-0.3, -0.25) is 10.1 Å². The number of rotatable bonds is 5. The van der Waals surface area contributed by atoms with Gasteiger partial charge in [0.15, 0.2) is 0 Å². The molecule has 1 heterocycles. The van der Waals surface area contributed by atoms with Crippen molar-refractivity contribution in [3.8, 4) is 5.69 Å². The maximum atomic E-state index is 11.9. The Bertz CT molecular complexity index is 739. The van der Waals surface area contributed by atoms with Crippen LogP contribution in [0.2, 0.25) is 0 Å². The lowest BCUT2D eigenvalue weighted by atomic mass is 10.2. The minimum absolute atomic E-state index is 0.0156. The van der Waals surface area contributed by atoms with Crippen molar-refractivity contribution in [2.24, 2.45) is 0 Å². The quantitative estimate of drug-likeness (QED) is 0.750. The number of anilines is 1. The molecule has 9 nitrogen and oxygen atoms in total. The summed E-state index contributed by atoms with van der Waals surface area (Å²) in [6, 6.07) is 5.34. The van der Waals surface area contributed by atoms with Crippen molar-refractivity contribution < 1.29 is 9.59 Å². The molecule has 1 aromatic heterocycles. The predicted octanol–water partition coefficient (Wildman–Crippen LogP) is 1.15. The van der Waals surface area contributed by atoms with E-state index >= 15 is 0 Å². The molecule has 1 fully saturated rings. The number of amides is 3. The Morgan fingerprint density at radius 2 is 2.08 bits per heavy atom. The zero-order valence-electron chi connectivity index (χ0n) is 14.0. The zero-order valence-corrected chi connectivity index (χ0v) is 14.0. The molecule has 1 saturated carbocycles. The van der Waals surface area contributed by atoms with Gasteiger partial charge in [-0.05, 0) is 54.0 Å². The van der Waals surface area contributed by atoms with Crippen LogP contribution in [0, 0.1) is 6.92 Å². The van der Waals surface area contributed by atoms with E-state index in [2.05, 4.69) is 31.5 Å². The van der Waals surface area contributed by atoms with Crippen LogP contribution in [0.3, 0.4) is 0 Å². The van der Waals surface area contributed by atoms with Gasteiger partial charge in [0, 0.05) is 11.7 Å². The number of hydrogen-bond acceptors (Lipinski definition) is 6. The molecule has 1 aliphatic carbocycles. The fourth-order valence-corrected chi connectivity index (χ4v) is 2.94. The van der Waals surface area contributed by atoms with E-state index in [0.717, 1.165) is 42.6 Å². The molecule has 3 N–H and O–H groups in total. The molecule has 3 amide bonds. The number of benzene rings is 1. The minimum atomic E-state index is -0.427. The van der Waals surface area contributed by atoms with E-state index in [1.807, 2.05) is 25.1 Å². The molecule has 25 heavy (non-hydrogen) atoms. The molecular formula is C16H21N7O2. The van der Waals surface area contributed by atoms with Crippen LogP contribution in [0.1, 0.15) is 31.2 Å². The minimum Gasteiger partial charge on any atom is -0.376 e. The molecule has 9 heteroatoms. The van der Waals surface area contributed by atoms with Gasteiger partial charge < -0.3 is 10.6 Å². The van der Waals surface area contributed by atoms with Gasteiger partial charge in [-0.1, -0.05) is 12.8 Å². The highest BCUT2D eigenvalue weighted by Crippen LogP contribution is 2.18. The summed E-state index contributed by atoms with van der Waals surface area (Å²) in [5.41, 5.74) is 2.59. The molecule has 0 atom stereocenters. The van der Waals surface area contributed by atoms with Crippen LogP contribution >= 0.6 is 0 Å². The highest BCUT2D eigenvalue weighted by molar-refractivity contribution is 5.96. The third-order valence-electron chi connectivity index (χ3n) is 4.19. The highest BCUT2D eigenvalue weighted by Gasteiger charge is 2.18. The number of aryl methyl sites for hydroxylation is 1. The van der Waals surface area contributed by atoms with Gasteiger partial charge in [0.25, 0.3) is 0 Å². The Morgan fingerprint density at radius 3 is 2.76 bits per heavy atom. The average molecular weight is 343 g/mol. The van der Waals surface area contributed by atoms with Gasteiger partial charge in [-0.25, -0.2) is 9.48 Å². The van der Waals surface area contributed by atoms with Crippen LogP contribution in [0.4, 0.5) is 10.5 Å². The number of nitrogens with zero attached hydrogens (tertiary/aromatic N) is 4. The fourth-order valence-electron chi connectivity index (χ4n) is 2.94. The molecule has 2 aromatic rings. The topological polar surface area (TPSA) is 114 Å². The van der Waals surface area contributed by atoms with E-state index in [-0.39, 0.29) is 18.5 Å². The molecule has 3 rings (SSSR count). The second-order valence-electron chi connectivity index (χ2n) is 6.11. The Balaban J connectivity index is 1.48. The number of tetrazole rings is 1. The van der Waals surface area contributed by atoms with Gasteiger partial charge in [0.1, 0.15) is 6.33 Å². The van der Waals surface area contributed by atoms with Crippen LogP contribution in [0.15, 0.2) is 24.5 Å². The monoisotopic (exact) mass is 343 g/mol. The van der Waals surface area contributed by atoms with Gasteiger partial charge >= 0.3 is 6.03 Å². The first-order valence-corrected chi connectivity index (χ1v) is 8.30. The summed E-state index contributed by atoms with van der Waals surface area (Å²) in [5, 5.41) is 19.2. The lowest BCUT2D eigenvalue weighted by Gasteiger charge is -2.13. The number of imide groups is 1. The third kappa shape index (κ3) is 4.52. The van der Waals surface area contributed by atoms with Crippen LogP contribution in [0.25, 0.3) is 5.69 Å². The van der Waals surface area contributed by atoms with E-state index in [1.165, 1.54) is 6.33 Å². The summed E-state index contributed by atoms with van der Waals surface area (Å²) in [6.45, 7) is 1.94. The molecular weight excluding hydrogens is 322 g/mol. The van der Waals surface area contributed by atoms with Gasteiger partial charge in [0.2, 0.25) is 5.91 Å². The number of urea groups is 1. The van der Waals surface area contributed by atoms with Crippen LogP contribution in [-0.4, -0.2) is 44.7 Å². The van der Waals surface area contributed by atoms with Crippen molar-refractivity contribution in [1.29, 1.82) is 0 Å². The van der Waals surface area contributed by atoms with Crippen molar-refractivity contribution >= 4 is 17.6 Å². The first-order valence-electron chi connectivity index (χ1n) is 8.30. The summed E-state index contributed by atoms with van der Waals surface area (Å²) in [4.78, 5) is 23.6. The van der Waals surface area contributed by atoms with E-state index in [0.29, 0.717) is 0 Å². The molecule has 0 bridgehead atoms. The molecule has 0 saturated heterocycles. The maximum absolute atomic E-state index is 11.9. The Labute approximate surface area is 145 Å². The number of nitrogens with one attached hydrogen (secondary N) is 3. The zero-order chi connectivity index (χ0) is 17.6. The summed E-state index contributed by atoms with van der Waals surface area (Å²) < 4.78 is 1.57. The summed E-state index contributed by atoms with van der Waals surface area (Å²) in [7, 11) is 0. The Kier molecular flexibility index (Phi) is 5.22. The molecule has 132 valence electrons. The standard InChI is InChI=1S/C16H21N7O2/c1-11-8-13(6-7-14(11)23-10-18-21-22-23)17-9-15(24)20-16(25)19-12-4-2-3-5-12/h6-8,10,12,17H,2-5,9H2,1H3,(H2,19,20,24,25). The number of carbonyl (C=O) groups excluding carboxylic acids is 2. The fraction of sp³-hybridized carbons (Fsp3) is 0.438. The first kappa shape index (κ1) is 16.9. The van der Waals surface area contributed by atoms with Crippen molar-refractivity contribution in [2.75, 3.05) is 11.9 Å². The van der Waals surface area contributed by atoms with E-state index in [1.54, 1.807) is 4.68 Å². The molecule has 0 radical (unpaired) electrons. The van der Waals surface area contributed by atoms with Crippen LogP contribution in [0.5, 0.6) is 0 Å². The van der Waals surface area contributed by atoms with Crippen LogP contribution < -0.4 is 16.0 Å². The summed E-state index contributed by atoms with van der Waals surface area (Å²) in [6.07, 6.45) is 5.73. The van der Waals surface area contributed by atoms with E-state index in [4.69, 9.17) is 0 Å². The molecule has 1 aliphatic rings. The Hall–Kier alpha value is -2.97.